The van der Waals surface area contributed by atoms with Crippen molar-refractivity contribution in [1.29, 1.82) is 0 Å². The number of ether oxygens (including phenoxy) is 2. The second-order valence-corrected chi connectivity index (χ2v) is 6.66. The number of esters is 1. The van der Waals surface area contributed by atoms with Gasteiger partial charge in [0, 0.05) is 19.1 Å². The minimum atomic E-state index is -0.133. The van der Waals surface area contributed by atoms with Crippen LogP contribution < -0.4 is 5.32 Å². The second-order valence-electron chi connectivity index (χ2n) is 6.66. The standard InChI is InChI=1S/C16H32N2O3/c1-16(2,13-20-3)14-21-15(19)7-9-17-8-6-12-18-10-4-5-11-18/h17H,4-14H2,1-3H3. The molecular formula is C16H32N2O3. The van der Waals surface area contributed by atoms with Crippen molar-refractivity contribution >= 4 is 5.97 Å². The van der Waals surface area contributed by atoms with Gasteiger partial charge in [0.2, 0.25) is 0 Å². The van der Waals surface area contributed by atoms with Gasteiger partial charge in [0.1, 0.15) is 0 Å². The molecule has 5 heteroatoms. The summed E-state index contributed by atoms with van der Waals surface area (Å²) in [7, 11) is 1.66. The molecule has 0 unspecified atom stereocenters. The van der Waals surface area contributed by atoms with E-state index < -0.39 is 0 Å². The fourth-order valence-electron chi connectivity index (χ4n) is 2.53. The minimum Gasteiger partial charge on any atom is -0.465 e. The van der Waals surface area contributed by atoms with E-state index in [1.54, 1.807) is 7.11 Å². The molecule has 21 heavy (non-hydrogen) atoms. The Morgan fingerprint density at radius 2 is 1.90 bits per heavy atom. The van der Waals surface area contributed by atoms with Crippen molar-refractivity contribution in [2.24, 2.45) is 5.41 Å². The van der Waals surface area contributed by atoms with Crippen molar-refractivity contribution in [1.82, 2.24) is 10.2 Å². The Bertz CT molecular complexity index is 289. The molecule has 0 saturated carbocycles. The minimum absolute atomic E-state index is 0.117. The van der Waals surface area contributed by atoms with Crippen LogP contribution in [0.3, 0.4) is 0 Å². The molecule has 0 spiro atoms. The van der Waals surface area contributed by atoms with E-state index in [-0.39, 0.29) is 11.4 Å². The van der Waals surface area contributed by atoms with Crippen LogP contribution in [0.2, 0.25) is 0 Å². The molecule has 0 radical (unpaired) electrons. The molecule has 0 aromatic heterocycles. The Hall–Kier alpha value is -0.650. The van der Waals surface area contributed by atoms with E-state index in [0.29, 0.717) is 26.2 Å². The molecule has 1 fully saturated rings. The summed E-state index contributed by atoms with van der Waals surface area (Å²) in [6.45, 7) is 10.4. The highest BCUT2D eigenvalue weighted by molar-refractivity contribution is 5.69. The Morgan fingerprint density at radius 3 is 2.57 bits per heavy atom. The molecule has 5 nitrogen and oxygen atoms in total. The molecule has 1 aliphatic rings. The average Bonchev–Trinajstić information content (AvgIpc) is 2.93. The lowest BCUT2D eigenvalue weighted by atomic mass is 9.96. The highest BCUT2D eigenvalue weighted by Gasteiger charge is 2.20. The molecule has 0 bridgehead atoms. The van der Waals surface area contributed by atoms with Crippen LogP contribution in [0, 0.1) is 5.41 Å². The fraction of sp³-hybridized carbons (Fsp3) is 0.938. The van der Waals surface area contributed by atoms with E-state index in [1.807, 2.05) is 13.8 Å². The van der Waals surface area contributed by atoms with Crippen LogP contribution in [0.4, 0.5) is 0 Å². The molecule has 0 aromatic rings. The molecule has 1 rings (SSSR count). The Balaban J connectivity index is 1.93. The molecule has 0 amide bonds. The Kier molecular flexibility index (Phi) is 8.88. The van der Waals surface area contributed by atoms with Crippen molar-refractivity contribution in [3.05, 3.63) is 0 Å². The van der Waals surface area contributed by atoms with Gasteiger partial charge in [-0.2, -0.15) is 0 Å². The molecule has 124 valence electrons. The van der Waals surface area contributed by atoms with Crippen molar-refractivity contribution < 1.29 is 14.3 Å². The molecule has 1 heterocycles. The molecule has 1 saturated heterocycles. The van der Waals surface area contributed by atoms with Crippen LogP contribution in [-0.2, 0) is 14.3 Å². The van der Waals surface area contributed by atoms with Crippen molar-refractivity contribution in [2.75, 3.05) is 53.0 Å². The van der Waals surface area contributed by atoms with Gasteiger partial charge in [0.25, 0.3) is 0 Å². The van der Waals surface area contributed by atoms with Crippen LogP contribution in [0.15, 0.2) is 0 Å². The smallest absolute Gasteiger partial charge is 0.307 e. The van der Waals surface area contributed by atoms with Gasteiger partial charge in [-0.15, -0.1) is 0 Å². The summed E-state index contributed by atoms with van der Waals surface area (Å²) in [5, 5.41) is 3.31. The normalized spacial score (nSPS) is 16.3. The first-order chi connectivity index (χ1) is 10.0. The third-order valence-electron chi connectivity index (χ3n) is 3.69. The number of hydrogen-bond donors (Lipinski definition) is 1. The quantitative estimate of drug-likeness (QED) is 0.465. The van der Waals surface area contributed by atoms with Crippen LogP contribution in [-0.4, -0.2) is 63.9 Å². The summed E-state index contributed by atoms with van der Waals surface area (Å²) in [6, 6.07) is 0. The molecule has 0 aliphatic carbocycles. The first kappa shape index (κ1) is 18.4. The third kappa shape index (κ3) is 9.06. The average molecular weight is 300 g/mol. The lowest BCUT2D eigenvalue weighted by molar-refractivity contribution is -0.147. The molecule has 0 atom stereocenters. The number of likely N-dealkylation sites (tertiary alicyclic amines) is 1. The van der Waals surface area contributed by atoms with Crippen LogP contribution in [0.5, 0.6) is 0 Å². The number of hydrogen-bond acceptors (Lipinski definition) is 5. The summed E-state index contributed by atoms with van der Waals surface area (Å²) < 4.78 is 10.4. The zero-order chi connectivity index (χ0) is 15.6. The van der Waals surface area contributed by atoms with Crippen LogP contribution in [0.25, 0.3) is 0 Å². The van der Waals surface area contributed by atoms with Gasteiger partial charge in [-0.3, -0.25) is 4.79 Å². The predicted molar refractivity (Wildman–Crippen MR) is 84.4 cm³/mol. The molecule has 1 N–H and O–H groups in total. The van der Waals surface area contributed by atoms with E-state index >= 15 is 0 Å². The number of rotatable bonds is 11. The van der Waals surface area contributed by atoms with Crippen molar-refractivity contribution in [3.8, 4) is 0 Å². The third-order valence-corrected chi connectivity index (χ3v) is 3.69. The van der Waals surface area contributed by atoms with Gasteiger partial charge in [-0.25, -0.2) is 0 Å². The topological polar surface area (TPSA) is 50.8 Å². The maximum absolute atomic E-state index is 11.6. The van der Waals surface area contributed by atoms with Gasteiger partial charge in [0.15, 0.2) is 0 Å². The Labute approximate surface area is 129 Å². The van der Waals surface area contributed by atoms with Gasteiger partial charge >= 0.3 is 5.97 Å². The number of carbonyl (C=O) groups excluding carboxylic acids is 1. The molecular weight excluding hydrogens is 268 g/mol. The van der Waals surface area contributed by atoms with Crippen LogP contribution in [0.1, 0.15) is 39.5 Å². The zero-order valence-corrected chi connectivity index (χ0v) is 14.0. The first-order valence-electron chi connectivity index (χ1n) is 8.11. The van der Waals surface area contributed by atoms with Crippen LogP contribution >= 0.6 is 0 Å². The van der Waals surface area contributed by atoms with Crippen molar-refractivity contribution in [2.45, 2.75) is 39.5 Å². The van der Waals surface area contributed by atoms with E-state index in [1.165, 1.54) is 32.5 Å². The van der Waals surface area contributed by atoms with Crippen molar-refractivity contribution in [3.63, 3.8) is 0 Å². The molecule has 1 aliphatic heterocycles. The highest BCUT2D eigenvalue weighted by atomic mass is 16.5. The van der Waals surface area contributed by atoms with E-state index in [0.717, 1.165) is 13.0 Å². The summed E-state index contributed by atoms with van der Waals surface area (Å²) in [5.41, 5.74) is -0.117. The van der Waals surface area contributed by atoms with Gasteiger partial charge in [-0.1, -0.05) is 13.8 Å². The summed E-state index contributed by atoms with van der Waals surface area (Å²) in [4.78, 5) is 14.1. The summed E-state index contributed by atoms with van der Waals surface area (Å²) in [6.07, 6.45) is 4.28. The number of methoxy groups -OCH3 is 1. The Morgan fingerprint density at radius 1 is 1.19 bits per heavy atom. The number of carbonyl (C=O) groups is 1. The number of nitrogens with zero attached hydrogens (tertiary/aromatic N) is 1. The zero-order valence-electron chi connectivity index (χ0n) is 14.0. The van der Waals surface area contributed by atoms with E-state index in [4.69, 9.17) is 9.47 Å². The fourth-order valence-corrected chi connectivity index (χ4v) is 2.53. The summed E-state index contributed by atoms with van der Waals surface area (Å²) in [5.74, 6) is -0.133. The van der Waals surface area contributed by atoms with Gasteiger partial charge in [-0.05, 0) is 45.4 Å². The van der Waals surface area contributed by atoms with E-state index in [9.17, 15) is 4.79 Å². The predicted octanol–water partition coefficient (Wildman–Crippen LogP) is 1.67. The monoisotopic (exact) mass is 300 g/mol. The number of nitrogens with one attached hydrogen (secondary N) is 1. The lowest BCUT2D eigenvalue weighted by Crippen LogP contribution is -2.28. The summed E-state index contributed by atoms with van der Waals surface area (Å²) >= 11 is 0. The van der Waals surface area contributed by atoms with E-state index in [2.05, 4.69) is 10.2 Å². The largest absolute Gasteiger partial charge is 0.465 e. The van der Waals surface area contributed by atoms with Gasteiger partial charge in [0.05, 0.1) is 19.6 Å². The maximum atomic E-state index is 11.6. The highest BCUT2D eigenvalue weighted by Crippen LogP contribution is 2.15. The van der Waals surface area contributed by atoms with Gasteiger partial charge < -0.3 is 19.7 Å². The maximum Gasteiger partial charge on any atom is 0.307 e. The lowest BCUT2D eigenvalue weighted by Gasteiger charge is -2.22. The molecule has 0 aromatic carbocycles. The second kappa shape index (κ2) is 10.1. The first-order valence-corrected chi connectivity index (χ1v) is 8.11. The SMILES string of the molecule is COCC(C)(C)COC(=O)CCNCCCN1CCCC1.